The molecule has 1 aromatic rings. The summed E-state index contributed by atoms with van der Waals surface area (Å²) in [4.78, 5) is 11.9. The maximum atomic E-state index is 12.2. The van der Waals surface area contributed by atoms with Crippen molar-refractivity contribution in [2.75, 3.05) is 13.2 Å². The lowest BCUT2D eigenvalue weighted by Crippen LogP contribution is -2.37. The number of carbonyl (C=O) groups excluding carboxylic acids is 1. The van der Waals surface area contributed by atoms with Crippen LogP contribution in [0.2, 0.25) is 0 Å². The highest BCUT2D eigenvalue weighted by atomic mass is 32.2. The van der Waals surface area contributed by atoms with Crippen molar-refractivity contribution in [2.24, 2.45) is 5.92 Å². The summed E-state index contributed by atoms with van der Waals surface area (Å²) in [7, 11) is -3.94. The van der Waals surface area contributed by atoms with Gasteiger partial charge in [-0.25, -0.2) is 0 Å². The number of benzene rings is 1. The Morgan fingerprint density at radius 1 is 1.21 bits per heavy atom. The second kappa shape index (κ2) is 8.02. The van der Waals surface area contributed by atoms with Crippen LogP contribution in [0.1, 0.15) is 19.4 Å². The molecular formula is C17H22O6S. The second-order valence-electron chi connectivity index (χ2n) is 6.03. The van der Waals surface area contributed by atoms with Gasteiger partial charge < -0.3 is 9.47 Å². The quantitative estimate of drug-likeness (QED) is 0.699. The number of hydrogen-bond acceptors (Lipinski definition) is 6. The fourth-order valence-corrected chi connectivity index (χ4v) is 2.89. The van der Waals surface area contributed by atoms with E-state index in [0.717, 1.165) is 5.56 Å². The Kier molecular flexibility index (Phi) is 6.28. The van der Waals surface area contributed by atoms with Crippen LogP contribution in [0.5, 0.6) is 0 Å². The molecule has 1 heterocycles. The molecule has 0 aliphatic carbocycles. The number of ketones is 1. The Labute approximate surface area is 142 Å². The van der Waals surface area contributed by atoms with Crippen molar-refractivity contribution in [1.82, 2.24) is 0 Å². The Balaban J connectivity index is 1.96. The van der Waals surface area contributed by atoms with Crippen molar-refractivity contribution >= 4 is 15.9 Å². The van der Waals surface area contributed by atoms with Gasteiger partial charge in [0.1, 0.15) is 12.7 Å². The van der Waals surface area contributed by atoms with Gasteiger partial charge in [-0.05, 0) is 37.1 Å². The van der Waals surface area contributed by atoms with E-state index < -0.39 is 22.5 Å². The first-order valence-electron chi connectivity index (χ1n) is 7.73. The van der Waals surface area contributed by atoms with Gasteiger partial charge >= 0.3 is 0 Å². The number of hydrogen-bond donors (Lipinski definition) is 0. The van der Waals surface area contributed by atoms with E-state index in [1.54, 1.807) is 12.1 Å². The predicted octanol–water partition coefficient (Wildman–Crippen LogP) is 2.22. The van der Waals surface area contributed by atoms with Crippen LogP contribution in [-0.4, -0.2) is 39.8 Å². The minimum Gasteiger partial charge on any atom is -0.349 e. The molecule has 6 nitrogen and oxygen atoms in total. The van der Waals surface area contributed by atoms with Crippen LogP contribution in [0.3, 0.4) is 0 Å². The lowest BCUT2D eigenvalue weighted by Gasteiger charge is -2.25. The van der Waals surface area contributed by atoms with E-state index in [4.69, 9.17) is 13.7 Å². The largest absolute Gasteiger partial charge is 0.349 e. The molecule has 0 amide bonds. The van der Waals surface area contributed by atoms with Crippen molar-refractivity contribution in [1.29, 1.82) is 0 Å². The first-order valence-corrected chi connectivity index (χ1v) is 9.14. The van der Waals surface area contributed by atoms with E-state index in [1.807, 2.05) is 20.8 Å². The highest BCUT2D eigenvalue weighted by Crippen LogP contribution is 2.17. The Hall–Kier alpha value is -1.54. The Bertz CT molecular complexity index is 690. The van der Waals surface area contributed by atoms with Crippen LogP contribution in [0.4, 0.5) is 0 Å². The molecule has 1 aliphatic heterocycles. The number of ether oxygens (including phenoxy) is 2. The van der Waals surface area contributed by atoms with Gasteiger partial charge in [0, 0.05) is 0 Å². The molecule has 132 valence electrons. The van der Waals surface area contributed by atoms with E-state index in [1.165, 1.54) is 24.3 Å². The third-order valence-electron chi connectivity index (χ3n) is 3.31. The first-order chi connectivity index (χ1) is 11.3. The van der Waals surface area contributed by atoms with Crippen LogP contribution in [-0.2, 0) is 28.6 Å². The standard InChI is InChI=1S/C17H22O6S/c1-12(2)10-21-17-9-8-15(18)16(23-17)11-22-24(19,20)14-6-4-13(3)5-7-14/h4-9,12,16-17H,10-11H2,1-3H3/t16-,17+/m1/s1. The van der Waals surface area contributed by atoms with Gasteiger partial charge in [-0.2, -0.15) is 8.42 Å². The van der Waals surface area contributed by atoms with Crippen LogP contribution in [0.15, 0.2) is 41.3 Å². The molecule has 1 aromatic carbocycles. The normalized spacial score (nSPS) is 21.4. The average molecular weight is 354 g/mol. The molecule has 1 aliphatic rings. The summed E-state index contributed by atoms with van der Waals surface area (Å²) in [5.41, 5.74) is 0.940. The Morgan fingerprint density at radius 3 is 2.50 bits per heavy atom. The summed E-state index contributed by atoms with van der Waals surface area (Å²) < 4.78 is 40.2. The molecule has 0 spiro atoms. The SMILES string of the molecule is Cc1ccc(S(=O)(=O)OC[C@H]2O[C@H](OCC(C)C)C=CC2=O)cc1. The minimum absolute atomic E-state index is 0.0412. The molecule has 0 aromatic heterocycles. The topological polar surface area (TPSA) is 78.9 Å². The minimum atomic E-state index is -3.94. The summed E-state index contributed by atoms with van der Waals surface area (Å²) in [6.07, 6.45) is 1.16. The number of carbonyl (C=O) groups is 1. The van der Waals surface area contributed by atoms with Gasteiger partial charge in [-0.3, -0.25) is 8.98 Å². The van der Waals surface area contributed by atoms with Crippen LogP contribution < -0.4 is 0 Å². The van der Waals surface area contributed by atoms with E-state index in [9.17, 15) is 13.2 Å². The molecular weight excluding hydrogens is 332 g/mol. The van der Waals surface area contributed by atoms with Gasteiger partial charge in [-0.15, -0.1) is 0 Å². The lowest BCUT2D eigenvalue weighted by atomic mass is 10.2. The third kappa shape index (κ3) is 5.24. The third-order valence-corrected chi connectivity index (χ3v) is 4.61. The maximum Gasteiger partial charge on any atom is 0.297 e. The van der Waals surface area contributed by atoms with E-state index in [0.29, 0.717) is 12.5 Å². The molecule has 2 atom stereocenters. The van der Waals surface area contributed by atoms with Gasteiger partial charge in [0.25, 0.3) is 10.1 Å². The summed E-state index contributed by atoms with van der Waals surface area (Å²) >= 11 is 0. The van der Waals surface area contributed by atoms with Gasteiger partial charge in [0.15, 0.2) is 12.1 Å². The van der Waals surface area contributed by atoms with E-state index in [-0.39, 0.29) is 17.3 Å². The fourth-order valence-electron chi connectivity index (χ4n) is 1.98. The smallest absolute Gasteiger partial charge is 0.297 e. The highest BCUT2D eigenvalue weighted by molar-refractivity contribution is 7.86. The zero-order chi connectivity index (χ0) is 17.7. The van der Waals surface area contributed by atoms with Crippen molar-refractivity contribution in [3.63, 3.8) is 0 Å². The van der Waals surface area contributed by atoms with Crippen LogP contribution >= 0.6 is 0 Å². The summed E-state index contributed by atoms with van der Waals surface area (Å²) in [6.45, 7) is 5.92. The first kappa shape index (κ1) is 18.8. The molecule has 0 unspecified atom stereocenters. The second-order valence-corrected chi connectivity index (χ2v) is 7.65. The van der Waals surface area contributed by atoms with Gasteiger partial charge in [-0.1, -0.05) is 31.5 Å². The van der Waals surface area contributed by atoms with Crippen molar-refractivity contribution in [2.45, 2.75) is 38.1 Å². The molecule has 24 heavy (non-hydrogen) atoms. The number of aryl methyl sites for hydroxylation is 1. The van der Waals surface area contributed by atoms with Gasteiger partial charge in [0.05, 0.1) is 11.5 Å². The van der Waals surface area contributed by atoms with E-state index >= 15 is 0 Å². The van der Waals surface area contributed by atoms with Crippen molar-refractivity contribution in [3.05, 3.63) is 42.0 Å². The molecule has 2 rings (SSSR count). The lowest BCUT2D eigenvalue weighted by molar-refractivity contribution is -0.169. The fraction of sp³-hybridized carbons (Fsp3) is 0.471. The molecule has 0 N–H and O–H groups in total. The predicted molar refractivity (Wildman–Crippen MR) is 87.9 cm³/mol. The van der Waals surface area contributed by atoms with Crippen LogP contribution in [0, 0.1) is 12.8 Å². The summed E-state index contributed by atoms with van der Waals surface area (Å²) in [5, 5.41) is 0. The highest BCUT2D eigenvalue weighted by Gasteiger charge is 2.28. The van der Waals surface area contributed by atoms with Crippen LogP contribution in [0.25, 0.3) is 0 Å². The monoisotopic (exact) mass is 354 g/mol. The molecule has 0 fully saturated rings. The van der Waals surface area contributed by atoms with Crippen molar-refractivity contribution < 1.29 is 26.9 Å². The zero-order valence-corrected chi connectivity index (χ0v) is 14.8. The molecule has 0 bridgehead atoms. The molecule has 0 radical (unpaired) electrons. The van der Waals surface area contributed by atoms with Crippen molar-refractivity contribution in [3.8, 4) is 0 Å². The summed E-state index contributed by atoms with van der Waals surface area (Å²) in [6, 6.07) is 6.28. The number of rotatable bonds is 7. The molecule has 0 saturated carbocycles. The zero-order valence-electron chi connectivity index (χ0n) is 14.0. The Morgan fingerprint density at radius 2 is 1.88 bits per heavy atom. The maximum absolute atomic E-state index is 12.2. The molecule has 0 saturated heterocycles. The molecule has 7 heteroatoms. The van der Waals surface area contributed by atoms with Gasteiger partial charge in [0.2, 0.25) is 0 Å². The average Bonchev–Trinajstić information content (AvgIpc) is 2.53. The van der Waals surface area contributed by atoms with E-state index in [2.05, 4.69) is 0 Å². The summed E-state index contributed by atoms with van der Waals surface area (Å²) in [5.74, 6) is -0.0326.